The Morgan fingerprint density at radius 1 is 1.14 bits per heavy atom. The Bertz CT molecular complexity index is 379. The maximum Gasteiger partial charge on any atom is 0.274 e. The normalized spacial score (nSPS) is 9.57. The van der Waals surface area contributed by atoms with Gasteiger partial charge in [-0.2, -0.15) is 0 Å². The molecule has 2 N–H and O–H groups in total. The molecule has 0 unspecified atom stereocenters. The summed E-state index contributed by atoms with van der Waals surface area (Å²) in [5.41, 5.74) is 5.44. The van der Waals surface area contributed by atoms with Gasteiger partial charge in [-0.1, -0.05) is 37.8 Å². The van der Waals surface area contributed by atoms with Crippen molar-refractivity contribution in [1.29, 1.82) is 0 Å². The van der Waals surface area contributed by atoms with Crippen molar-refractivity contribution in [3.8, 4) is 0 Å². The minimum Gasteiger partial charge on any atom is -0.366 e. The predicted octanol–water partition coefficient (Wildman–Crippen LogP) is 0.917. The van der Waals surface area contributed by atoms with Crippen molar-refractivity contribution in [1.82, 2.24) is 3.71 Å². The van der Waals surface area contributed by atoms with Crippen molar-refractivity contribution in [2.75, 3.05) is 0 Å². The number of nitrogens with zero attached hydrogens (tertiary/aromatic N) is 1. The quantitative estimate of drug-likeness (QED) is 0.659. The van der Waals surface area contributed by atoms with E-state index in [1.165, 1.54) is 12.1 Å². The number of thiol groups is 2. The van der Waals surface area contributed by atoms with Gasteiger partial charge in [0.15, 0.2) is 0 Å². The third kappa shape index (κ3) is 2.21. The summed E-state index contributed by atoms with van der Waals surface area (Å²) in [5, 5.41) is 0. The Morgan fingerprint density at radius 2 is 1.64 bits per heavy atom. The molecule has 74 valence electrons. The highest BCUT2D eigenvalue weighted by molar-refractivity contribution is 7.94. The number of amides is 2. The Hall–Kier alpha value is -1.14. The summed E-state index contributed by atoms with van der Waals surface area (Å²) in [7, 11) is 0. The van der Waals surface area contributed by atoms with E-state index in [0.29, 0.717) is 0 Å². The summed E-state index contributed by atoms with van der Waals surface area (Å²) in [4.78, 5) is 22.4. The third-order valence-electron chi connectivity index (χ3n) is 1.60. The van der Waals surface area contributed by atoms with Crippen LogP contribution in [0.15, 0.2) is 24.3 Å². The van der Waals surface area contributed by atoms with Gasteiger partial charge in [-0.25, -0.2) is 3.71 Å². The summed E-state index contributed by atoms with van der Waals surface area (Å²) in [6.45, 7) is 0. The lowest BCUT2D eigenvalue weighted by atomic mass is 10.1. The molecule has 0 fully saturated rings. The Balaban J connectivity index is 3.20. The molecule has 0 radical (unpaired) electrons. The molecular formula is C8H8N2O2S2. The SMILES string of the molecule is NC(=O)c1ccccc1C(=O)N(S)S. The fourth-order valence-corrected chi connectivity index (χ4v) is 1.21. The van der Waals surface area contributed by atoms with Crippen LogP contribution in [0.5, 0.6) is 0 Å². The van der Waals surface area contributed by atoms with Crippen LogP contribution >= 0.6 is 25.6 Å². The largest absolute Gasteiger partial charge is 0.366 e. The number of hydrogen-bond donors (Lipinski definition) is 3. The van der Waals surface area contributed by atoms with Crippen LogP contribution in [0.4, 0.5) is 0 Å². The smallest absolute Gasteiger partial charge is 0.274 e. The molecule has 0 aromatic heterocycles. The molecule has 0 spiro atoms. The zero-order valence-electron chi connectivity index (χ0n) is 7.04. The van der Waals surface area contributed by atoms with Crippen molar-refractivity contribution in [3.05, 3.63) is 35.4 Å². The third-order valence-corrected chi connectivity index (χ3v) is 1.97. The molecule has 4 nitrogen and oxygen atoms in total. The summed E-state index contributed by atoms with van der Waals surface area (Å²) in [6.07, 6.45) is 0. The van der Waals surface area contributed by atoms with E-state index in [-0.39, 0.29) is 11.1 Å². The number of primary amides is 1. The molecule has 0 saturated heterocycles. The number of carbonyl (C=O) groups excluding carboxylic acids is 2. The molecule has 6 heteroatoms. The van der Waals surface area contributed by atoms with Gasteiger partial charge in [-0.3, -0.25) is 9.59 Å². The van der Waals surface area contributed by atoms with Gasteiger partial charge in [0.1, 0.15) is 0 Å². The van der Waals surface area contributed by atoms with Gasteiger partial charge in [-0.15, -0.1) is 0 Å². The average molecular weight is 228 g/mol. The van der Waals surface area contributed by atoms with Crippen molar-refractivity contribution in [3.63, 3.8) is 0 Å². The summed E-state index contributed by atoms with van der Waals surface area (Å²) in [6, 6.07) is 6.21. The number of hydrogen-bond acceptors (Lipinski definition) is 4. The van der Waals surface area contributed by atoms with Crippen LogP contribution in [0.1, 0.15) is 20.7 Å². The molecule has 0 saturated carbocycles. The molecule has 1 aromatic rings. The fraction of sp³-hybridized carbons (Fsp3) is 0. The highest BCUT2D eigenvalue weighted by Gasteiger charge is 2.16. The van der Waals surface area contributed by atoms with Crippen LogP contribution < -0.4 is 5.73 Å². The van der Waals surface area contributed by atoms with E-state index in [4.69, 9.17) is 5.73 Å². The molecule has 2 amide bonds. The van der Waals surface area contributed by atoms with Gasteiger partial charge in [0.2, 0.25) is 5.91 Å². The first-order valence-electron chi connectivity index (χ1n) is 3.65. The zero-order chi connectivity index (χ0) is 10.7. The zero-order valence-corrected chi connectivity index (χ0v) is 8.83. The molecule has 0 heterocycles. The second-order valence-corrected chi connectivity index (χ2v) is 3.62. The maximum atomic E-state index is 11.4. The minimum atomic E-state index is -0.655. The first-order chi connectivity index (χ1) is 6.54. The molecule has 0 aliphatic rings. The highest BCUT2D eigenvalue weighted by atomic mass is 32.2. The second kappa shape index (κ2) is 4.39. The van der Waals surface area contributed by atoms with Crippen molar-refractivity contribution < 1.29 is 9.59 Å². The lowest BCUT2D eigenvalue weighted by Gasteiger charge is -2.09. The number of benzene rings is 1. The van der Waals surface area contributed by atoms with E-state index in [2.05, 4.69) is 25.6 Å². The van der Waals surface area contributed by atoms with E-state index in [1.54, 1.807) is 12.1 Å². The van der Waals surface area contributed by atoms with E-state index >= 15 is 0 Å². The first kappa shape index (κ1) is 10.9. The van der Waals surface area contributed by atoms with Gasteiger partial charge in [0, 0.05) is 0 Å². The molecule has 0 aliphatic heterocycles. The van der Waals surface area contributed by atoms with Crippen LogP contribution in [-0.2, 0) is 0 Å². The lowest BCUT2D eigenvalue weighted by molar-refractivity contribution is 0.0921. The molecule has 1 aromatic carbocycles. The van der Waals surface area contributed by atoms with Crippen LogP contribution in [0.3, 0.4) is 0 Å². The number of carbonyl (C=O) groups is 2. The predicted molar refractivity (Wildman–Crippen MR) is 59.1 cm³/mol. The van der Waals surface area contributed by atoms with E-state index < -0.39 is 11.8 Å². The van der Waals surface area contributed by atoms with Crippen LogP contribution in [0, 0.1) is 0 Å². The van der Waals surface area contributed by atoms with E-state index in [9.17, 15) is 9.59 Å². The maximum absolute atomic E-state index is 11.4. The lowest BCUT2D eigenvalue weighted by Crippen LogP contribution is -2.20. The highest BCUT2D eigenvalue weighted by Crippen LogP contribution is 2.13. The van der Waals surface area contributed by atoms with Gasteiger partial charge in [0.25, 0.3) is 5.91 Å². The van der Waals surface area contributed by atoms with Crippen molar-refractivity contribution >= 4 is 37.4 Å². The summed E-state index contributed by atoms with van der Waals surface area (Å²) >= 11 is 7.43. The molecule has 0 atom stereocenters. The Kier molecular flexibility index (Phi) is 3.43. The summed E-state index contributed by atoms with van der Waals surface area (Å²) in [5.74, 6) is -1.15. The Labute approximate surface area is 92.2 Å². The standard InChI is InChI=1S/C8H8N2O2S2/c9-7(11)5-3-1-2-4-6(5)8(12)10(13)14/h1-4,13-14H,(H2,9,11). The monoisotopic (exact) mass is 228 g/mol. The molecule has 0 bridgehead atoms. The van der Waals surface area contributed by atoms with Gasteiger partial charge < -0.3 is 5.73 Å². The average Bonchev–Trinajstić information content (AvgIpc) is 2.16. The fourth-order valence-electron chi connectivity index (χ4n) is 0.992. The topological polar surface area (TPSA) is 63.4 Å². The van der Waals surface area contributed by atoms with Gasteiger partial charge in [-0.05, 0) is 12.1 Å². The van der Waals surface area contributed by atoms with Crippen LogP contribution in [0.25, 0.3) is 0 Å². The van der Waals surface area contributed by atoms with Crippen LogP contribution in [-0.4, -0.2) is 15.5 Å². The van der Waals surface area contributed by atoms with E-state index in [1.807, 2.05) is 0 Å². The molecule has 1 rings (SSSR count). The van der Waals surface area contributed by atoms with Crippen molar-refractivity contribution in [2.45, 2.75) is 0 Å². The molecule has 14 heavy (non-hydrogen) atoms. The minimum absolute atomic E-state index is 0.158. The number of rotatable bonds is 2. The van der Waals surface area contributed by atoms with Gasteiger partial charge in [0.05, 0.1) is 11.1 Å². The van der Waals surface area contributed by atoms with Crippen LogP contribution in [0.2, 0.25) is 0 Å². The second-order valence-electron chi connectivity index (χ2n) is 2.50. The first-order valence-corrected chi connectivity index (χ1v) is 4.45. The van der Waals surface area contributed by atoms with E-state index in [0.717, 1.165) is 3.71 Å². The number of nitrogens with two attached hydrogens (primary N) is 1. The summed E-state index contributed by atoms with van der Waals surface area (Å²) < 4.78 is 0.793. The molecular weight excluding hydrogens is 220 g/mol. The van der Waals surface area contributed by atoms with Crippen molar-refractivity contribution in [2.24, 2.45) is 5.73 Å². The van der Waals surface area contributed by atoms with Gasteiger partial charge >= 0.3 is 0 Å². The Morgan fingerprint density at radius 3 is 2.07 bits per heavy atom. The molecule has 0 aliphatic carbocycles.